The number of fused-ring (bicyclic) bond motifs is 1. The van der Waals surface area contributed by atoms with E-state index in [9.17, 15) is 14.0 Å². The van der Waals surface area contributed by atoms with Crippen LogP contribution < -0.4 is 10.1 Å². The number of hydrogen-bond acceptors (Lipinski definition) is 5. The number of hydrogen-bond donors (Lipinski definition) is 1. The Hall–Kier alpha value is -2.94. The summed E-state index contributed by atoms with van der Waals surface area (Å²) in [5.74, 6) is -0.819. The van der Waals surface area contributed by atoms with E-state index in [0.717, 1.165) is 12.1 Å². The maximum Gasteiger partial charge on any atom is 0.258 e. The Morgan fingerprint density at radius 1 is 1.30 bits per heavy atom. The molecular formula is C21H25FN4O4. The second-order valence-electron chi connectivity index (χ2n) is 7.52. The van der Waals surface area contributed by atoms with E-state index in [1.54, 1.807) is 17.2 Å². The van der Waals surface area contributed by atoms with Gasteiger partial charge in [-0.2, -0.15) is 5.10 Å². The molecule has 1 saturated heterocycles. The highest BCUT2D eigenvalue weighted by molar-refractivity contribution is 5.97. The summed E-state index contributed by atoms with van der Waals surface area (Å²) in [6.07, 6.45) is 3.08. The molecule has 8 nitrogen and oxygen atoms in total. The maximum atomic E-state index is 14.1. The number of aromatic nitrogens is 2. The van der Waals surface area contributed by atoms with Crippen LogP contribution in [0.2, 0.25) is 0 Å². The molecule has 2 aliphatic rings. The van der Waals surface area contributed by atoms with Crippen molar-refractivity contribution in [1.82, 2.24) is 20.0 Å². The van der Waals surface area contributed by atoms with Crippen LogP contribution >= 0.6 is 0 Å². The lowest BCUT2D eigenvalue weighted by atomic mass is 9.94. The van der Waals surface area contributed by atoms with Crippen molar-refractivity contribution < 1.29 is 23.5 Å². The number of halogens is 1. The van der Waals surface area contributed by atoms with Crippen LogP contribution in [0.5, 0.6) is 5.75 Å². The van der Waals surface area contributed by atoms with E-state index in [1.165, 1.54) is 19.2 Å². The summed E-state index contributed by atoms with van der Waals surface area (Å²) < 4.78 is 26.4. The van der Waals surface area contributed by atoms with Crippen molar-refractivity contribution in [2.45, 2.75) is 19.4 Å². The molecule has 1 atom stereocenters. The number of ether oxygens (including phenoxy) is 2. The molecule has 0 unspecified atom stereocenters. The zero-order valence-corrected chi connectivity index (χ0v) is 16.9. The van der Waals surface area contributed by atoms with Crippen molar-refractivity contribution in [2.75, 3.05) is 40.0 Å². The minimum absolute atomic E-state index is 0.0275. The van der Waals surface area contributed by atoms with Gasteiger partial charge in [0, 0.05) is 26.2 Å². The van der Waals surface area contributed by atoms with Crippen LogP contribution in [0.3, 0.4) is 0 Å². The summed E-state index contributed by atoms with van der Waals surface area (Å²) in [7, 11) is 1.40. The number of benzene rings is 1. The summed E-state index contributed by atoms with van der Waals surface area (Å²) in [4.78, 5) is 27.2. The van der Waals surface area contributed by atoms with Gasteiger partial charge in [-0.15, -0.1) is 0 Å². The van der Waals surface area contributed by atoms with Gasteiger partial charge in [0.25, 0.3) is 11.8 Å². The molecule has 1 aromatic carbocycles. The van der Waals surface area contributed by atoms with Gasteiger partial charge >= 0.3 is 0 Å². The van der Waals surface area contributed by atoms with Crippen LogP contribution in [-0.4, -0.2) is 66.5 Å². The molecule has 3 heterocycles. The standard InChI is InChI=1S/C21H25FN4O4/c1-29-18-4-2-3-16(22)19(18)20(27)23-12-14-5-6-26-17(11-14)15(13-24-26)21(28)25-7-9-30-10-8-25/h2-4,13-14H,5-12H2,1H3,(H,23,27)/t14-/m0/s1. The SMILES string of the molecule is COc1cccc(F)c1C(=O)NC[C@H]1CCn2ncc(C(=O)N3CCOCC3)c2C1. The zero-order chi connectivity index (χ0) is 21.1. The second-order valence-corrected chi connectivity index (χ2v) is 7.52. The van der Waals surface area contributed by atoms with E-state index in [1.807, 2.05) is 4.68 Å². The zero-order valence-electron chi connectivity index (χ0n) is 16.9. The first-order valence-corrected chi connectivity index (χ1v) is 10.1. The molecule has 2 aromatic rings. The Labute approximate surface area is 173 Å². The number of amides is 2. The van der Waals surface area contributed by atoms with Crippen molar-refractivity contribution in [2.24, 2.45) is 5.92 Å². The van der Waals surface area contributed by atoms with E-state index in [-0.39, 0.29) is 23.1 Å². The first kappa shape index (κ1) is 20.3. The van der Waals surface area contributed by atoms with Crippen molar-refractivity contribution in [3.05, 3.63) is 47.0 Å². The van der Waals surface area contributed by atoms with Crippen molar-refractivity contribution >= 4 is 11.8 Å². The number of aryl methyl sites for hydroxylation is 1. The fourth-order valence-electron chi connectivity index (χ4n) is 4.01. The van der Waals surface area contributed by atoms with E-state index in [0.29, 0.717) is 51.4 Å². The fraction of sp³-hybridized carbons (Fsp3) is 0.476. The Kier molecular flexibility index (Phi) is 5.98. The van der Waals surface area contributed by atoms with Gasteiger partial charge in [-0.3, -0.25) is 14.3 Å². The van der Waals surface area contributed by atoms with Gasteiger partial charge in [0.05, 0.1) is 37.8 Å². The first-order valence-electron chi connectivity index (χ1n) is 10.1. The minimum atomic E-state index is -0.619. The molecule has 1 fully saturated rings. The molecule has 9 heteroatoms. The van der Waals surface area contributed by atoms with Gasteiger partial charge in [0.1, 0.15) is 17.1 Å². The summed E-state index contributed by atoms with van der Waals surface area (Å²) >= 11 is 0. The van der Waals surface area contributed by atoms with Crippen LogP contribution in [0.4, 0.5) is 4.39 Å². The molecule has 0 spiro atoms. The smallest absolute Gasteiger partial charge is 0.258 e. The van der Waals surface area contributed by atoms with Crippen LogP contribution in [0.1, 0.15) is 32.8 Å². The molecule has 1 aromatic heterocycles. The van der Waals surface area contributed by atoms with Gasteiger partial charge in [-0.1, -0.05) is 6.07 Å². The van der Waals surface area contributed by atoms with Crippen molar-refractivity contribution in [3.8, 4) is 5.75 Å². The van der Waals surface area contributed by atoms with Gasteiger partial charge in [0.2, 0.25) is 0 Å². The molecule has 0 bridgehead atoms. The van der Waals surface area contributed by atoms with Gasteiger partial charge in [-0.05, 0) is 30.9 Å². The number of morpholine rings is 1. The highest BCUT2D eigenvalue weighted by Gasteiger charge is 2.29. The third-order valence-corrected chi connectivity index (χ3v) is 5.68. The number of rotatable bonds is 5. The molecular weight excluding hydrogens is 391 g/mol. The molecule has 30 heavy (non-hydrogen) atoms. The summed E-state index contributed by atoms with van der Waals surface area (Å²) in [6.45, 7) is 3.30. The lowest BCUT2D eigenvalue weighted by Gasteiger charge is -2.28. The van der Waals surface area contributed by atoms with Gasteiger partial charge in [-0.25, -0.2) is 4.39 Å². The number of carbonyl (C=O) groups excluding carboxylic acids is 2. The lowest BCUT2D eigenvalue weighted by Crippen LogP contribution is -2.41. The summed E-state index contributed by atoms with van der Waals surface area (Å²) in [6, 6.07) is 4.29. The van der Waals surface area contributed by atoms with E-state index in [2.05, 4.69) is 10.4 Å². The fourth-order valence-corrected chi connectivity index (χ4v) is 4.01. The first-order chi connectivity index (χ1) is 14.6. The molecule has 160 valence electrons. The third kappa shape index (κ3) is 4.02. The summed E-state index contributed by atoms with van der Waals surface area (Å²) in [5, 5.41) is 7.19. The normalized spacial score (nSPS) is 18.6. The molecule has 0 saturated carbocycles. The molecule has 0 radical (unpaired) electrons. The summed E-state index contributed by atoms with van der Waals surface area (Å²) in [5.41, 5.74) is 1.41. The number of nitrogens with one attached hydrogen (secondary N) is 1. The van der Waals surface area contributed by atoms with Crippen molar-refractivity contribution in [3.63, 3.8) is 0 Å². The monoisotopic (exact) mass is 416 g/mol. The number of methoxy groups -OCH3 is 1. The highest BCUT2D eigenvalue weighted by Crippen LogP contribution is 2.25. The van der Waals surface area contributed by atoms with Crippen LogP contribution in [0.15, 0.2) is 24.4 Å². The Morgan fingerprint density at radius 3 is 2.87 bits per heavy atom. The largest absolute Gasteiger partial charge is 0.496 e. The van der Waals surface area contributed by atoms with Crippen LogP contribution in [0, 0.1) is 11.7 Å². The van der Waals surface area contributed by atoms with Gasteiger partial charge in [0.15, 0.2) is 0 Å². The minimum Gasteiger partial charge on any atom is -0.496 e. The topological polar surface area (TPSA) is 85.7 Å². The van der Waals surface area contributed by atoms with Crippen LogP contribution in [0.25, 0.3) is 0 Å². The third-order valence-electron chi connectivity index (χ3n) is 5.68. The van der Waals surface area contributed by atoms with Gasteiger partial charge < -0.3 is 19.7 Å². The average Bonchev–Trinajstić information content (AvgIpc) is 3.20. The lowest BCUT2D eigenvalue weighted by molar-refractivity contribution is 0.0301. The highest BCUT2D eigenvalue weighted by atomic mass is 19.1. The molecule has 2 aliphatic heterocycles. The predicted octanol–water partition coefficient (Wildman–Crippen LogP) is 1.50. The predicted molar refractivity (Wildman–Crippen MR) is 106 cm³/mol. The van der Waals surface area contributed by atoms with E-state index in [4.69, 9.17) is 9.47 Å². The number of nitrogens with zero attached hydrogens (tertiary/aromatic N) is 3. The quantitative estimate of drug-likeness (QED) is 0.798. The molecule has 1 N–H and O–H groups in total. The Balaban J connectivity index is 1.42. The molecule has 4 rings (SSSR count). The average molecular weight is 416 g/mol. The Morgan fingerprint density at radius 2 is 2.10 bits per heavy atom. The van der Waals surface area contributed by atoms with E-state index < -0.39 is 11.7 Å². The second kappa shape index (κ2) is 8.83. The van der Waals surface area contributed by atoms with Crippen molar-refractivity contribution in [1.29, 1.82) is 0 Å². The van der Waals surface area contributed by atoms with Crippen LogP contribution in [-0.2, 0) is 17.7 Å². The maximum absolute atomic E-state index is 14.1. The molecule has 2 amide bonds. The Bertz CT molecular complexity index is 939. The molecule has 0 aliphatic carbocycles. The number of carbonyl (C=O) groups is 2. The van der Waals surface area contributed by atoms with E-state index >= 15 is 0 Å².